The first-order valence-electron chi connectivity index (χ1n) is 4.36. The second-order valence-corrected chi connectivity index (χ2v) is 2.94. The third-order valence-electron chi connectivity index (χ3n) is 1.77. The quantitative estimate of drug-likeness (QED) is 0.821. The van der Waals surface area contributed by atoms with Gasteiger partial charge in [0.2, 0.25) is 0 Å². The summed E-state index contributed by atoms with van der Waals surface area (Å²) in [6, 6.07) is 2.34. The smallest absolute Gasteiger partial charge is 0.391 e. The molecule has 2 nitrogen and oxygen atoms in total. The Hall–Kier alpha value is -0.970. The lowest BCUT2D eigenvalue weighted by Crippen LogP contribution is -2.26. The second-order valence-electron chi connectivity index (χ2n) is 2.94. The molecule has 5 heteroatoms. The minimum absolute atomic E-state index is 0.323. The molecular weight excluding hydrogens is 195 g/mol. The van der Waals surface area contributed by atoms with E-state index in [2.05, 4.69) is 5.32 Å². The van der Waals surface area contributed by atoms with Gasteiger partial charge in [0.15, 0.2) is 0 Å². The summed E-state index contributed by atoms with van der Waals surface area (Å²) in [7, 11) is 0. The van der Waals surface area contributed by atoms with Crippen LogP contribution in [-0.4, -0.2) is 12.7 Å². The molecule has 80 valence electrons. The molecule has 1 N–H and O–H groups in total. The highest BCUT2D eigenvalue weighted by Crippen LogP contribution is 2.29. The zero-order chi connectivity index (χ0) is 10.6. The summed E-state index contributed by atoms with van der Waals surface area (Å²) >= 11 is 0. The van der Waals surface area contributed by atoms with Gasteiger partial charge in [-0.15, -0.1) is 0 Å². The van der Waals surface area contributed by atoms with Crippen LogP contribution in [0.4, 0.5) is 13.2 Å². The van der Waals surface area contributed by atoms with E-state index in [1.165, 1.54) is 6.26 Å². The van der Waals surface area contributed by atoms with Crippen molar-refractivity contribution < 1.29 is 17.6 Å². The standard InChI is InChI=1S/C9H12F3NO/c1-2-13-7(6-9(10,11)12)8-4-3-5-14-8/h3-5,7,13H,2,6H2,1H3. The van der Waals surface area contributed by atoms with Crippen molar-refractivity contribution in [2.45, 2.75) is 25.6 Å². The Morgan fingerprint density at radius 1 is 1.50 bits per heavy atom. The Morgan fingerprint density at radius 3 is 2.64 bits per heavy atom. The van der Waals surface area contributed by atoms with E-state index >= 15 is 0 Å². The van der Waals surface area contributed by atoms with Crippen molar-refractivity contribution in [2.75, 3.05) is 6.54 Å². The van der Waals surface area contributed by atoms with Gasteiger partial charge in [-0.25, -0.2) is 0 Å². The van der Waals surface area contributed by atoms with Gasteiger partial charge in [0.1, 0.15) is 5.76 Å². The predicted octanol–water partition coefficient (Wildman–Crippen LogP) is 2.88. The molecule has 1 unspecified atom stereocenters. The summed E-state index contributed by atoms with van der Waals surface area (Å²) in [5.74, 6) is 0.323. The molecular formula is C9H12F3NO. The van der Waals surface area contributed by atoms with Crippen molar-refractivity contribution in [1.82, 2.24) is 5.32 Å². The molecule has 1 aromatic rings. The van der Waals surface area contributed by atoms with Gasteiger partial charge in [0.25, 0.3) is 0 Å². The highest BCUT2D eigenvalue weighted by molar-refractivity contribution is 5.04. The summed E-state index contributed by atoms with van der Waals surface area (Å²) in [4.78, 5) is 0. The third-order valence-corrected chi connectivity index (χ3v) is 1.77. The molecule has 0 amide bonds. The van der Waals surface area contributed by atoms with Crippen molar-refractivity contribution in [2.24, 2.45) is 0 Å². The molecule has 1 atom stereocenters. The predicted molar refractivity (Wildman–Crippen MR) is 45.8 cm³/mol. The zero-order valence-electron chi connectivity index (χ0n) is 7.77. The molecule has 0 fully saturated rings. The molecule has 1 heterocycles. The zero-order valence-corrected chi connectivity index (χ0v) is 7.77. The van der Waals surface area contributed by atoms with Gasteiger partial charge in [-0.05, 0) is 18.7 Å². The molecule has 0 saturated carbocycles. The molecule has 0 aliphatic heterocycles. The Morgan fingerprint density at radius 2 is 2.21 bits per heavy atom. The van der Waals surface area contributed by atoms with E-state index in [1.54, 1.807) is 19.1 Å². The van der Waals surface area contributed by atoms with Crippen molar-refractivity contribution >= 4 is 0 Å². The maximum Gasteiger partial charge on any atom is 0.391 e. The van der Waals surface area contributed by atoms with Crippen LogP contribution in [0.5, 0.6) is 0 Å². The summed E-state index contributed by atoms with van der Waals surface area (Å²) in [5, 5.41) is 2.73. The van der Waals surface area contributed by atoms with E-state index in [9.17, 15) is 13.2 Å². The van der Waals surface area contributed by atoms with Crippen molar-refractivity contribution in [1.29, 1.82) is 0 Å². The molecule has 0 radical (unpaired) electrons. The van der Waals surface area contributed by atoms with Crippen LogP contribution in [0.25, 0.3) is 0 Å². The molecule has 0 aromatic carbocycles. The first kappa shape index (κ1) is 11.1. The Bertz CT molecular complexity index is 256. The molecule has 14 heavy (non-hydrogen) atoms. The van der Waals surface area contributed by atoms with Crippen LogP contribution in [0.15, 0.2) is 22.8 Å². The number of nitrogens with one attached hydrogen (secondary N) is 1. The molecule has 0 bridgehead atoms. The van der Waals surface area contributed by atoms with Gasteiger partial charge in [0.05, 0.1) is 18.7 Å². The first-order chi connectivity index (χ1) is 6.53. The highest BCUT2D eigenvalue weighted by Gasteiger charge is 2.33. The van der Waals surface area contributed by atoms with Gasteiger partial charge < -0.3 is 9.73 Å². The molecule has 0 aliphatic carbocycles. The monoisotopic (exact) mass is 207 g/mol. The van der Waals surface area contributed by atoms with Crippen LogP contribution >= 0.6 is 0 Å². The van der Waals surface area contributed by atoms with Gasteiger partial charge in [-0.3, -0.25) is 0 Å². The lowest BCUT2D eigenvalue weighted by molar-refractivity contribution is -0.141. The van der Waals surface area contributed by atoms with Crippen LogP contribution in [0.1, 0.15) is 25.1 Å². The van der Waals surface area contributed by atoms with E-state index in [1.807, 2.05) is 0 Å². The van der Waals surface area contributed by atoms with Gasteiger partial charge >= 0.3 is 6.18 Å². The largest absolute Gasteiger partial charge is 0.468 e. The number of rotatable bonds is 4. The van der Waals surface area contributed by atoms with Crippen LogP contribution < -0.4 is 5.32 Å². The number of furan rings is 1. The number of alkyl halides is 3. The molecule has 1 rings (SSSR count). The lowest BCUT2D eigenvalue weighted by Gasteiger charge is -2.17. The van der Waals surface area contributed by atoms with Gasteiger partial charge in [0, 0.05) is 0 Å². The highest BCUT2D eigenvalue weighted by atomic mass is 19.4. The minimum Gasteiger partial charge on any atom is -0.468 e. The summed E-state index contributed by atoms with van der Waals surface area (Å²) in [6.45, 7) is 2.23. The van der Waals surface area contributed by atoms with Crippen LogP contribution in [-0.2, 0) is 0 Å². The average Bonchev–Trinajstić information content (AvgIpc) is 2.52. The summed E-state index contributed by atoms with van der Waals surface area (Å²) < 4.78 is 41.3. The Kier molecular flexibility index (Phi) is 3.57. The first-order valence-corrected chi connectivity index (χ1v) is 4.36. The van der Waals surface area contributed by atoms with Crippen LogP contribution in [0.2, 0.25) is 0 Å². The van der Waals surface area contributed by atoms with E-state index in [0.29, 0.717) is 12.3 Å². The van der Waals surface area contributed by atoms with Crippen molar-refractivity contribution in [3.8, 4) is 0 Å². The molecule has 0 spiro atoms. The fourth-order valence-corrected chi connectivity index (χ4v) is 1.24. The van der Waals surface area contributed by atoms with Crippen LogP contribution in [0.3, 0.4) is 0 Å². The minimum atomic E-state index is -4.18. The summed E-state index contributed by atoms with van der Waals surface area (Å²) in [5.41, 5.74) is 0. The Labute approximate surface area is 80.1 Å². The second kappa shape index (κ2) is 4.50. The maximum absolute atomic E-state index is 12.1. The van der Waals surface area contributed by atoms with Crippen molar-refractivity contribution in [3.63, 3.8) is 0 Å². The number of hydrogen-bond donors (Lipinski definition) is 1. The van der Waals surface area contributed by atoms with E-state index < -0.39 is 18.6 Å². The van der Waals surface area contributed by atoms with Crippen LogP contribution in [0, 0.1) is 0 Å². The normalized spacial score (nSPS) is 14.3. The maximum atomic E-state index is 12.1. The van der Waals surface area contributed by atoms with Gasteiger partial charge in [-0.2, -0.15) is 13.2 Å². The third kappa shape index (κ3) is 3.41. The fraction of sp³-hybridized carbons (Fsp3) is 0.556. The number of hydrogen-bond acceptors (Lipinski definition) is 2. The topological polar surface area (TPSA) is 25.2 Å². The van der Waals surface area contributed by atoms with E-state index in [4.69, 9.17) is 4.42 Å². The van der Waals surface area contributed by atoms with E-state index in [-0.39, 0.29) is 0 Å². The van der Waals surface area contributed by atoms with Gasteiger partial charge in [-0.1, -0.05) is 6.92 Å². The number of halogens is 3. The van der Waals surface area contributed by atoms with Crippen molar-refractivity contribution in [3.05, 3.63) is 24.2 Å². The van der Waals surface area contributed by atoms with E-state index in [0.717, 1.165) is 0 Å². The average molecular weight is 207 g/mol. The Balaban J connectivity index is 2.65. The fourth-order valence-electron chi connectivity index (χ4n) is 1.24. The molecule has 1 aromatic heterocycles. The lowest BCUT2D eigenvalue weighted by atomic mass is 10.1. The SMILES string of the molecule is CCNC(CC(F)(F)F)c1ccco1. The molecule has 0 aliphatic rings. The summed E-state index contributed by atoms with van der Waals surface area (Å²) in [6.07, 6.45) is -3.72. The molecule has 0 saturated heterocycles.